The lowest BCUT2D eigenvalue weighted by Gasteiger charge is -2.28. The van der Waals surface area contributed by atoms with Crippen LogP contribution in [0.3, 0.4) is 0 Å². The van der Waals surface area contributed by atoms with Crippen molar-refractivity contribution in [1.29, 1.82) is 0 Å². The molecule has 0 aromatic heterocycles. The van der Waals surface area contributed by atoms with Gasteiger partial charge in [-0.15, -0.1) is 0 Å². The predicted molar refractivity (Wildman–Crippen MR) is 66.3 cm³/mol. The lowest BCUT2D eigenvalue weighted by atomic mass is 10.2. The fourth-order valence-corrected chi connectivity index (χ4v) is 1.64. The average molecular weight is 230 g/mol. The van der Waals surface area contributed by atoms with E-state index in [-0.39, 0.29) is 12.5 Å². The molecule has 96 valence electrons. The molecule has 0 saturated heterocycles. The molecule has 0 atom stereocenters. The summed E-state index contributed by atoms with van der Waals surface area (Å²) >= 11 is 0. The number of carbonyl (C=O) groups excluding carboxylic acids is 1. The quantitative estimate of drug-likeness (QED) is 0.675. The smallest absolute Gasteiger partial charge is 0.236 e. The molecule has 1 N–H and O–H groups in total. The maximum atomic E-state index is 11.9. The molecule has 0 unspecified atom stereocenters. The summed E-state index contributed by atoms with van der Waals surface area (Å²) in [5.74, 6) is 0.177. The Labute approximate surface area is 99.2 Å². The number of aliphatic hydroxyl groups is 1. The van der Waals surface area contributed by atoms with Gasteiger partial charge in [0.2, 0.25) is 5.91 Å². The Morgan fingerprint density at radius 1 is 1.25 bits per heavy atom. The molecule has 4 nitrogen and oxygen atoms in total. The van der Waals surface area contributed by atoms with Gasteiger partial charge in [0.15, 0.2) is 0 Å². The highest BCUT2D eigenvalue weighted by Crippen LogP contribution is 2.01. The molecule has 0 radical (unpaired) electrons. The van der Waals surface area contributed by atoms with E-state index >= 15 is 0 Å². The van der Waals surface area contributed by atoms with Gasteiger partial charge in [0, 0.05) is 32.3 Å². The molecule has 0 saturated carbocycles. The van der Waals surface area contributed by atoms with Crippen molar-refractivity contribution in [2.45, 2.75) is 40.2 Å². The van der Waals surface area contributed by atoms with Crippen LogP contribution in [0.2, 0.25) is 0 Å². The summed E-state index contributed by atoms with van der Waals surface area (Å²) in [6.45, 7) is 11.1. The van der Waals surface area contributed by atoms with Crippen LogP contribution in [0.25, 0.3) is 0 Å². The van der Waals surface area contributed by atoms with Crippen molar-refractivity contribution < 1.29 is 9.90 Å². The minimum atomic E-state index is 0.177. The number of hydrogen-bond donors (Lipinski definition) is 1. The zero-order valence-corrected chi connectivity index (χ0v) is 11.1. The topological polar surface area (TPSA) is 43.8 Å². The molecule has 0 aliphatic heterocycles. The van der Waals surface area contributed by atoms with Crippen molar-refractivity contribution in [3.63, 3.8) is 0 Å². The fourth-order valence-electron chi connectivity index (χ4n) is 1.64. The number of aliphatic hydroxyl groups excluding tert-OH is 1. The molecule has 16 heavy (non-hydrogen) atoms. The second-order valence-electron chi connectivity index (χ2n) is 4.21. The van der Waals surface area contributed by atoms with Crippen LogP contribution in [0.15, 0.2) is 0 Å². The number of rotatable bonds is 8. The minimum absolute atomic E-state index is 0.177. The van der Waals surface area contributed by atoms with Crippen molar-refractivity contribution in [3.8, 4) is 0 Å². The molecule has 0 aliphatic carbocycles. The zero-order valence-electron chi connectivity index (χ0n) is 11.1. The average Bonchev–Trinajstić information content (AvgIpc) is 2.25. The molecule has 0 spiro atoms. The van der Waals surface area contributed by atoms with Gasteiger partial charge < -0.3 is 10.0 Å². The van der Waals surface area contributed by atoms with Crippen LogP contribution < -0.4 is 0 Å². The van der Waals surface area contributed by atoms with Crippen LogP contribution >= 0.6 is 0 Å². The first kappa shape index (κ1) is 15.4. The van der Waals surface area contributed by atoms with Crippen LogP contribution in [0.5, 0.6) is 0 Å². The first-order chi connectivity index (χ1) is 7.56. The number of hydrogen-bond acceptors (Lipinski definition) is 3. The van der Waals surface area contributed by atoms with E-state index in [9.17, 15) is 4.79 Å². The summed E-state index contributed by atoms with van der Waals surface area (Å²) in [7, 11) is 0. The molecule has 1 amide bonds. The molecule has 0 rings (SSSR count). The van der Waals surface area contributed by atoms with Crippen LogP contribution in [0.1, 0.15) is 34.1 Å². The van der Waals surface area contributed by atoms with Crippen LogP contribution in [0, 0.1) is 0 Å². The third-order valence-corrected chi connectivity index (χ3v) is 2.79. The highest BCUT2D eigenvalue weighted by Gasteiger charge is 2.16. The third kappa shape index (κ3) is 5.47. The minimum Gasteiger partial charge on any atom is -0.396 e. The molecule has 4 heteroatoms. The fraction of sp³-hybridized carbons (Fsp3) is 0.917. The van der Waals surface area contributed by atoms with E-state index < -0.39 is 0 Å². The molecule has 0 bridgehead atoms. The largest absolute Gasteiger partial charge is 0.396 e. The van der Waals surface area contributed by atoms with E-state index in [2.05, 4.69) is 18.7 Å². The summed E-state index contributed by atoms with van der Waals surface area (Å²) in [4.78, 5) is 15.9. The lowest BCUT2D eigenvalue weighted by Crippen LogP contribution is -2.43. The number of carbonyl (C=O) groups is 1. The lowest BCUT2D eigenvalue weighted by molar-refractivity contribution is -0.132. The molecule has 0 fully saturated rings. The Bertz CT molecular complexity index is 191. The standard InChI is InChI=1S/C12H26N2O2/c1-5-13(6-2)12(16)10-14(11(3)4)8-7-9-15/h11,15H,5-10H2,1-4H3. The summed E-state index contributed by atoms with van der Waals surface area (Å²) in [6, 6.07) is 0.339. The van der Waals surface area contributed by atoms with E-state index in [1.165, 1.54) is 0 Å². The second-order valence-corrected chi connectivity index (χ2v) is 4.21. The summed E-state index contributed by atoms with van der Waals surface area (Å²) < 4.78 is 0. The normalized spacial score (nSPS) is 11.2. The van der Waals surface area contributed by atoms with Crippen molar-refractivity contribution >= 4 is 5.91 Å². The van der Waals surface area contributed by atoms with Crippen molar-refractivity contribution in [2.75, 3.05) is 32.8 Å². The van der Waals surface area contributed by atoms with Crippen LogP contribution in [0.4, 0.5) is 0 Å². The maximum absolute atomic E-state index is 11.9. The molecular weight excluding hydrogens is 204 g/mol. The van der Waals surface area contributed by atoms with Crippen molar-refractivity contribution in [2.24, 2.45) is 0 Å². The van der Waals surface area contributed by atoms with Crippen LogP contribution in [-0.4, -0.2) is 59.6 Å². The van der Waals surface area contributed by atoms with E-state index in [4.69, 9.17) is 5.11 Å². The Morgan fingerprint density at radius 2 is 1.81 bits per heavy atom. The Morgan fingerprint density at radius 3 is 2.19 bits per heavy atom. The van der Waals surface area contributed by atoms with Gasteiger partial charge in [-0.05, 0) is 34.1 Å². The monoisotopic (exact) mass is 230 g/mol. The molecular formula is C12H26N2O2. The molecule has 0 aliphatic rings. The number of nitrogens with zero attached hydrogens (tertiary/aromatic N) is 2. The van der Waals surface area contributed by atoms with Crippen molar-refractivity contribution in [3.05, 3.63) is 0 Å². The summed E-state index contributed by atoms with van der Waals surface area (Å²) in [5, 5.41) is 8.81. The maximum Gasteiger partial charge on any atom is 0.236 e. The van der Waals surface area contributed by atoms with E-state index in [1.807, 2.05) is 18.7 Å². The Hall–Kier alpha value is -0.610. The number of amides is 1. The summed E-state index contributed by atoms with van der Waals surface area (Å²) in [6.07, 6.45) is 0.726. The van der Waals surface area contributed by atoms with Gasteiger partial charge in [-0.25, -0.2) is 0 Å². The molecule has 0 heterocycles. The highest BCUT2D eigenvalue weighted by atomic mass is 16.3. The Balaban J connectivity index is 4.21. The predicted octanol–water partition coefficient (Wildman–Crippen LogP) is 0.948. The zero-order chi connectivity index (χ0) is 12.6. The van der Waals surface area contributed by atoms with E-state index in [1.54, 1.807) is 0 Å². The molecule has 0 aromatic rings. The van der Waals surface area contributed by atoms with Gasteiger partial charge >= 0.3 is 0 Å². The third-order valence-electron chi connectivity index (χ3n) is 2.79. The number of likely N-dealkylation sites (N-methyl/N-ethyl adjacent to an activating group) is 1. The molecule has 0 aromatic carbocycles. The first-order valence-corrected chi connectivity index (χ1v) is 6.19. The van der Waals surface area contributed by atoms with Gasteiger partial charge in [0.05, 0.1) is 6.54 Å². The summed E-state index contributed by atoms with van der Waals surface area (Å²) in [5.41, 5.74) is 0. The van der Waals surface area contributed by atoms with Crippen LogP contribution in [-0.2, 0) is 4.79 Å². The first-order valence-electron chi connectivity index (χ1n) is 6.19. The Kier molecular flexibility index (Phi) is 8.21. The second kappa shape index (κ2) is 8.53. The highest BCUT2D eigenvalue weighted by molar-refractivity contribution is 5.78. The van der Waals surface area contributed by atoms with Crippen molar-refractivity contribution in [1.82, 2.24) is 9.80 Å². The van der Waals surface area contributed by atoms with E-state index in [0.717, 1.165) is 26.1 Å². The van der Waals surface area contributed by atoms with Gasteiger partial charge in [-0.1, -0.05) is 0 Å². The van der Waals surface area contributed by atoms with Gasteiger partial charge in [-0.2, -0.15) is 0 Å². The van der Waals surface area contributed by atoms with Gasteiger partial charge in [0.25, 0.3) is 0 Å². The van der Waals surface area contributed by atoms with Gasteiger partial charge in [-0.3, -0.25) is 9.69 Å². The SMILES string of the molecule is CCN(CC)C(=O)CN(CCCO)C(C)C. The van der Waals surface area contributed by atoms with E-state index in [0.29, 0.717) is 12.6 Å². The van der Waals surface area contributed by atoms with Gasteiger partial charge in [0.1, 0.15) is 0 Å².